The van der Waals surface area contributed by atoms with E-state index in [1.54, 1.807) is 13.8 Å². The van der Waals surface area contributed by atoms with E-state index in [1.165, 1.54) is 28.6 Å². The minimum absolute atomic E-state index is 0.0177. The highest BCUT2D eigenvalue weighted by molar-refractivity contribution is 7.89. The monoisotopic (exact) mass is 494 g/mol. The fourth-order valence-electron chi connectivity index (χ4n) is 2.85. The largest absolute Gasteiger partial charge is 0.573 e. The summed E-state index contributed by atoms with van der Waals surface area (Å²) in [6.07, 6.45) is -6.07. The fourth-order valence-corrected chi connectivity index (χ4v) is 4.53. The number of carbonyl (C=O) groups excluding carboxylic acids is 1. The van der Waals surface area contributed by atoms with Gasteiger partial charge in [-0.3, -0.25) is 4.79 Å². The third-order valence-corrected chi connectivity index (χ3v) is 6.86. The number of sulfonamides is 1. The van der Waals surface area contributed by atoms with E-state index in [0.29, 0.717) is 0 Å². The lowest BCUT2D eigenvalue weighted by Crippen LogP contribution is -2.31. The Morgan fingerprint density at radius 1 is 1.16 bits per heavy atom. The first-order valence-corrected chi connectivity index (χ1v) is 11.3. The molecule has 7 nitrogen and oxygen atoms in total. The smallest absolute Gasteiger partial charge is 0.406 e. The lowest BCUT2D eigenvalue weighted by atomic mass is 10.1. The van der Waals surface area contributed by atoms with Crippen molar-refractivity contribution in [3.63, 3.8) is 0 Å². The number of hydrogen-bond acceptors (Lipinski definition) is 5. The lowest BCUT2D eigenvalue weighted by Gasteiger charge is -2.19. The summed E-state index contributed by atoms with van der Waals surface area (Å²) in [7, 11) is -3.81. The molecule has 2 aromatic rings. The summed E-state index contributed by atoms with van der Waals surface area (Å²) in [5, 5.41) is 12.7. The molecule has 1 atom stereocenters. The number of halogens is 4. The number of nitrogens with zero attached hydrogens (tertiary/aromatic N) is 1. The summed E-state index contributed by atoms with van der Waals surface area (Å²) in [6.45, 7) is 3.59. The van der Waals surface area contributed by atoms with Crippen molar-refractivity contribution in [2.45, 2.75) is 31.2 Å². The van der Waals surface area contributed by atoms with E-state index in [4.69, 9.17) is 11.6 Å². The van der Waals surface area contributed by atoms with Gasteiger partial charge in [-0.15, -0.1) is 13.2 Å². The molecule has 0 aromatic heterocycles. The molecule has 2 aromatic carbocycles. The number of rotatable bonds is 9. The normalized spacial score (nSPS) is 13.1. The molecule has 0 fully saturated rings. The highest BCUT2D eigenvalue weighted by Crippen LogP contribution is 2.25. The lowest BCUT2D eigenvalue weighted by molar-refractivity contribution is -0.274. The molecule has 1 amide bonds. The van der Waals surface area contributed by atoms with Crippen molar-refractivity contribution in [1.29, 1.82) is 0 Å². The molecular weight excluding hydrogens is 473 g/mol. The highest BCUT2D eigenvalue weighted by atomic mass is 35.5. The van der Waals surface area contributed by atoms with Gasteiger partial charge in [0.2, 0.25) is 10.0 Å². The SMILES string of the molecule is CCN(CC)S(=O)(=O)c1ccc(Cl)c(C(=O)NCC(O)c2ccc(OC(F)(F)F)cc2)c1. The Morgan fingerprint density at radius 2 is 1.75 bits per heavy atom. The second kappa shape index (κ2) is 10.5. The Morgan fingerprint density at radius 3 is 2.28 bits per heavy atom. The van der Waals surface area contributed by atoms with Crippen LogP contribution in [-0.2, 0) is 10.0 Å². The van der Waals surface area contributed by atoms with Gasteiger partial charge in [0.15, 0.2) is 0 Å². The Hall–Kier alpha value is -2.34. The van der Waals surface area contributed by atoms with Crippen LogP contribution in [0, 0.1) is 0 Å². The first-order chi connectivity index (χ1) is 14.9. The molecule has 176 valence electrons. The average molecular weight is 495 g/mol. The number of aliphatic hydroxyl groups is 1. The summed E-state index contributed by atoms with van der Waals surface area (Å²) in [6, 6.07) is 8.26. The zero-order valence-corrected chi connectivity index (χ0v) is 18.8. The van der Waals surface area contributed by atoms with Crippen LogP contribution in [0.4, 0.5) is 13.2 Å². The van der Waals surface area contributed by atoms with Crippen molar-refractivity contribution in [1.82, 2.24) is 9.62 Å². The van der Waals surface area contributed by atoms with Gasteiger partial charge in [-0.1, -0.05) is 37.6 Å². The first kappa shape index (κ1) is 25.9. The molecule has 0 heterocycles. The third-order valence-electron chi connectivity index (χ3n) is 4.48. The van der Waals surface area contributed by atoms with E-state index in [9.17, 15) is 31.5 Å². The topological polar surface area (TPSA) is 95.9 Å². The summed E-state index contributed by atoms with van der Waals surface area (Å²) < 4.78 is 67.0. The molecule has 1 unspecified atom stereocenters. The molecule has 0 saturated heterocycles. The standard InChI is InChI=1S/C20H22ClF3N2O5S/c1-3-26(4-2)32(29,30)15-9-10-17(21)16(11-15)19(28)25-12-18(27)13-5-7-14(8-6-13)31-20(22,23)24/h5-11,18,27H,3-4,12H2,1-2H3,(H,25,28). The Bertz CT molecular complexity index is 1040. The number of nitrogens with one attached hydrogen (secondary N) is 1. The van der Waals surface area contributed by atoms with Crippen molar-refractivity contribution in [3.05, 3.63) is 58.6 Å². The number of carbonyl (C=O) groups is 1. The van der Waals surface area contributed by atoms with Crippen molar-refractivity contribution >= 4 is 27.5 Å². The number of hydrogen-bond donors (Lipinski definition) is 2. The highest BCUT2D eigenvalue weighted by Gasteiger charge is 2.31. The fraction of sp³-hybridized carbons (Fsp3) is 0.350. The predicted octanol–water partition coefficient (Wildman–Crippen LogP) is 3.73. The van der Waals surface area contributed by atoms with Crippen molar-refractivity contribution in [3.8, 4) is 5.75 Å². The van der Waals surface area contributed by atoms with Crippen molar-refractivity contribution < 1.29 is 36.2 Å². The van der Waals surface area contributed by atoms with E-state index in [0.717, 1.165) is 18.2 Å². The average Bonchev–Trinajstić information content (AvgIpc) is 2.72. The molecule has 0 radical (unpaired) electrons. The molecule has 0 saturated carbocycles. The second-order valence-corrected chi connectivity index (χ2v) is 8.92. The van der Waals surface area contributed by atoms with E-state index < -0.39 is 34.1 Å². The molecule has 0 aliphatic heterocycles. The van der Waals surface area contributed by atoms with Crippen LogP contribution < -0.4 is 10.1 Å². The van der Waals surface area contributed by atoms with Gasteiger partial charge in [0.1, 0.15) is 5.75 Å². The van der Waals surface area contributed by atoms with Crippen LogP contribution in [0.15, 0.2) is 47.4 Å². The van der Waals surface area contributed by atoms with Gasteiger partial charge in [0.25, 0.3) is 5.91 Å². The zero-order chi connectivity index (χ0) is 24.1. The molecular formula is C20H22ClF3N2O5S. The maximum atomic E-state index is 12.7. The van der Waals surface area contributed by atoms with Gasteiger partial charge in [-0.25, -0.2) is 8.42 Å². The van der Waals surface area contributed by atoms with Gasteiger partial charge in [0, 0.05) is 19.6 Å². The van der Waals surface area contributed by atoms with Crippen LogP contribution in [0.1, 0.15) is 35.9 Å². The Labute approximate surface area is 188 Å². The quantitative estimate of drug-likeness (QED) is 0.554. The van der Waals surface area contributed by atoms with Crippen LogP contribution in [0.5, 0.6) is 5.75 Å². The Balaban J connectivity index is 2.11. The van der Waals surface area contributed by atoms with Crippen LogP contribution in [-0.4, -0.2) is 49.7 Å². The molecule has 2 rings (SSSR count). The molecule has 0 aliphatic rings. The minimum Gasteiger partial charge on any atom is -0.406 e. The number of benzene rings is 2. The maximum absolute atomic E-state index is 12.7. The molecule has 0 bridgehead atoms. The summed E-state index contributed by atoms with van der Waals surface area (Å²) in [4.78, 5) is 12.4. The van der Waals surface area contributed by atoms with Gasteiger partial charge >= 0.3 is 6.36 Å². The molecule has 0 spiro atoms. The summed E-state index contributed by atoms with van der Waals surface area (Å²) in [5.41, 5.74) is 0.143. The van der Waals surface area contributed by atoms with E-state index in [-0.39, 0.29) is 40.7 Å². The van der Waals surface area contributed by atoms with E-state index in [2.05, 4.69) is 10.1 Å². The maximum Gasteiger partial charge on any atom is 0.573 e. The van der Waals surface area contributed by atoms with Crippen molar-refractivity contribution in [2.24, 2.45) is 0 Å². The Kier molecular flexibility index (Phi) is 8.52. The number of ether oxygens (including phenoxy) is 1. The number of alkyl halides is 3. The predicted molar refractivity (Wildman–Crippen MR) is 112 cm³/mol. The van der Waals surface area contributed by atoms with Gasteiger partial charge in [-0.2, -0.15) is 4.31 Å². The molecule has 2 N–H and O–H groups in total. The van der Waals surface area contributed by atoms with E-state index >= 15 is 0 Å². The van der Waals surface area contributed by atoms with Gasteiger partial charge in [0.05, 0.1) is 21.6 Å². The molecule has 12 heteroatoms. The third kappa shape index (κ3) is 6.58. The zero-order valence-electron chi connectivity index (χ0n) is 17.2. The summed E-state index contributed by atoms with van der Waals surface area (Å²) in [5.74, 6) is -1.17. The summed E-state index contributed by atoms with van der Waals surface area (Å²) >= 11 is 6.05. The molecule has 0 aliphatic carbocycles. The molecule has 32 heavy (non-hydrogen) atoms. The minimum atomic E-state index is -4.83. The van der Waals surface area contributed by atoms with Gasteiger partial charge < -0.3 is 15.2 Å². The second-order valence-electron chi connectivity index (χ2n) is 6.57. The van der Waals surface area contributed by atoms with E-state index in [1.807, 2.05) is 0 Å². The van der Waals surface area contributed by atoms with Crippen LogP contribution >= 0.6 is 11.6 Å². The van der Waals surface area contributed by atoms with Gasteiger partial charge in [-0.05, 0) is 35.9 Å². The number of amides is 1. The van der Waals surface area contributed by atoms with Crippen LogP contribution in [0.25, 0.3) is 0 Å². The van der Waals surface area contributed by atoms with Crippen LogP contribution in [0.3, 0.4) is 0 Å². The van der Waals surface area contributed by atoms with Crippen LogP contribution in [0.2, 0.25) is 5.02 Å². The first-order valence-electron chi connectivity index (χ1n) is 9.50. The number of aliphatic hydroxyl groups excluding tert-OH is 1. The van der Waals surface area contributed by atoms with Crippen molar-refractivity contribution in [2.75, 3.05) is 19.6 Å².